The highest BCUT2D eigenvalue weighted by atomic mass is 16.3. The van der Waals surface area contributed by atoms with Crippen molar-refractivity contribution in [2.45, 2.75) is 25.3 Å². The van der Waals surface area contributed by atoms with Gasteiger partial charge in [-0.2, -0.15) is 0 Å². The number of aliphatic hydroxyl groups excluding tert-OH is 2. The third kappa shape index (κ3) is 2.44. The van der Waals surface area contributed by atoms with Gasteiger partial charge in [-0.15, -0.1) is 0 Å². The van der Waals surface area contributed by atoms with Gasteiger partial charge in [0, 0.05) is 19.3 Å². The third-order valence-electron chi connectivity index (χ3n) is 2.83. The second kappa shape index (κ2) is 4.80. The SMILES string of the molecule is CNC1CC(CO)CC(CO)C1. The van der Waals surface area contributed by atoms with Crippen LogP contribution in [0, 0.1) is 11.8 Å². The van der Waals surface area contributed by atoms with Crippen molar-refractivity contribution in [3.05, 3.63) is 0 Å². The minimum atomic E-state index is 0.259. The van der Waals surface area contributed by atoms with Crippen LogP contribution in [0.2, 0.25) is 0 Å². The highest BCUT2D eigenvalue weighted by Crippen LogP contribution is 2.28. The molecule has 12 heavy (non-hydrogen) atoms. The summed E-state index contributed by atoms with van der Waals surface area (Å²) in [5.41, 5.74) is 0. The lowest BCUT2D eigenvalue weighted by Crippen LogP contribution is -2.37. The smallest absolute Gasteiger partial charge is 0.0459 e. The van der Waals surface area contributed by atoms with Crippen LogP contribution >= 0.6 is 0 Å². The average molecular weight is 173 g/mol. The van der Waals surface area contributed by atoms with Crippen LogP contribution in [-0.4, -0.2) is 36.5 Å². The van der Waals surface area contributed by atoms with Gasteiger partial charge in [-0.1, -0.05) is 0 Å². The Morgan fingerprint density at radius 3 is 1.92 bits per heavy atom. The van der Waals surface area contributed by atoms with E-state index < -0.39 is 0 Å². The van der Waals surface area contributed by atoms with Gasteiger partial charge in [0.2, 0.25) is 0 Å². The summed E-state index contributed by atoms with van der Waals surface area (Å²) in [6, 6.07) is 0.480. The lowest BCUT2D eigenvalue weighted by atomic mass is 9.79. The van der Waals surface area contributed by atoms with Crippen molar-refractivity contribution in [3.63, 3.8) is 0 Å². The maximum absolute atomic E-state index is 9.01. The minimum Gasteiger partial charge on any atom is -0.396 e. The van der Waals surface area contributed by atoms with Gasteiger partial charge >= 0.3 is 0 Å². The number of hydrogen-bond acceptors (Lipinski definition) is 3. The molecule has 3 heteroatoms. The van der Waals surface area contributed by atoms with E-state index >= 15 is 0 Å². The number of hydrogen-bond donors (Lipinski definition) is 3. The van der Waals surface area contributed by atoms with Crippen molar-refractivity contribution in [1.29, 1.82) is 0 Å². The summed E-state index contributed by atoms with van der Waals surface area (Å²) >= 11 is 0. The lowest BCUT2D eigenvalue weighted by Gasteiger charge is -2.33. The predicted molar refractivity (Wildman–Crippen MR) is 47.9 cm³/mol. The van der Waals surface area contributed by atoms with E-state index in [0.29, 0.717) is 17.9 Å². The van der Waals surface area contributed by atoms with Crippen molar-refractivity contribution >= 4 is 0 Å². The predicted octanol–water partition coefficient (Wildman–Crippen LogP) is -0.0247. The first-order valence-electron chi connectivity index (χ1n) is 4.69. The first-order valence-corrected chi connectivity index (χ1v) is 4.69. The quantitative estimate of drug-likeness (QED) is 0.562. The Bertz CT molecular complexity index is 99.9. The molecule has 0 saturated heterocycles. The highest BCUT2D eigenvalue weighted by Gasteiger charge is 2.26. The lowest BCUT2D eigenvalue weighted by molar-refractivity contribution is 0.104. The topological polar surface area (TPSA) is 52.5 Å². The molecule has 1 aliphatic rings. The number of nitrogens with one attached hydrogen (secondary N) is 1. The van der Waals surface area contributed by atoms with Gasteiger partial charge in [0.05, 0.1) is 0 Å². The first-order chi connectivity index (χ1) is 5.80. The molecule has 72 valence electrons. The van der Waals surface area contributed by atoms with E-state index in [1.807, 2.05) is 7.05 Å². The van der Waals surface area contributed by atoms with Crippen molar-refractivity contribution in [2.24, 2.45) is 11.8 Å². The zero-order valence-corrected chi connectivity index (χ0v) is 7.66. The van der Waals surface area contributed by atoms with Gasteiger partial charge in [-0.25, -0.2) is 0 Å². The van der Waals surface area contributed by atoms with E-state index in [2.05, 4.69) is 5.32 Å². The molecule has 3 nitrogen and oxygen atoms in total. The summed E-state index contributed by atoms with van der Waals surface area (Å²) in [5.74, 6) is 0.765. The molecule has 0 bridgehead atoms. The Hall–Kier alpha value is -0.120. The zero-order valence-electron chi connectivity index (χ0n) is 7.66. The number of aliphatic hydroxyl groups is 2. The molecular formula is C9H19NO2. The third-order valence-corrected chi connectivity index (χ3v) is 2.83. The fourth-order valence-electron chi connectivity index (χ4n) is 2.10. The summed E-state index contributed by atoms with van der Waals surface area (Å²) in [6.07, 6.45) is 3.07. The van der Waals surface area contributed by atoms with Crippen LogP contribution in [0.3, 0.4) is 0 Å². The van der Waals surface area contributed by atoms with Gasteiger partial charge in [-0.3, -0.25) is 0 Å². The summed E-state index contributed by atoms with van der Waals surface area (Å²) in [4.78, 5) is 0. The van der Waals surface area contributed by atoms with Gasteiger partial charge in [0.1, 0.15) is 0 Å². The van der Waals surface area contributed by atoms with Crippen LogP contribution in [0.1, 0.15) is 19.3 Å². The molecule has 0 heterocycles. The van der Waals surface area contributed by atoms with E-state index in [-0.39, 0.29) is 13.2 Å². The van der Waals surface area contributed by atoms with E-state index in [0.717, 1.165) is 19.3 Å². The highest BCUT2D eigenvalue weighted by molar-refractivity contribution is 4.81. The maximum atomic E-state index is 9.01. The second-order valence-corrected chi connectivity index (χ2v) is 3.79. The molecule has 1 rings (SSSR count). The average Bonchev–Trinajstić information content (AvgIpc) is 2.16. The largest absolute Gasteiger partial charge is 0.396 e. The van der Waals surface area contributed by atoms with Crippen molar-refractivity contribution in [1.82, 2.24) is 5.32 Å². The molecule has 2 unspecified atom stereocenters. The Morgan fingerprint density at radius 2 is 1.58 bits per heavy atom. The Balaban J connectivity index is 2.41. The maximum Gasteiger partial charge on any atom is 0.0459 e. The second-order valence-electron chi connectivity index (χ2n) is 3.79. The molecule has 0 aromatic rings. The van der Waals surface area contributed by atoms with E-state index in [9.17, 15) is 0 Å². The molecule has 1 aliphatic carbocycles. The molecule has 3 N–H and O–H groups in total. The summed E-state index contributed by atoms with van der Waals surface area (Å²) in [5, 5.41) is 21.2. The van der Waals surface area contributed by atoms with E-state index in [4.69, 9.17) is 10.2 Å². The summed E-state index contributed by atoms with van der Waals surface area (Å²) in [7, 11) is 1.94. The van der Waals surface area contributed by atoms with Gasteiger partial charge in [0.25, 0.3) is 0 Å². The van der Waals surface area contributed by atoms with Crippen LogP contribution in [0.4, 0.5) is 0 Å². The van der Waals surface area contributed by atoms with Crippen LogP contribution in [0.5, 0.6) is 0 Å². The van der Waals surface area contributed by atoms with Crippen LogP contribution in [0.25, 0.3) is 0 Å². The van der Waals surface area contributed by atoms with Crippen LogP contribution < -0.4 is 5.32 Å². The number of rotatable bonds is 3. The van der Waals surface area contributed by atoms with Crippen LogP contribution in [0.15, 0.2) is 0 Å². The van der Waals surface area contributed by atoms with Crippen molar-refractivity contribution in [2.75, 3.05) is 20.3 Å². The molecule has 2 atom stereocenters. The van der Waals surface area contributed by atoms with Crippen LogP contribution in [-0.2, 0) is 0 Å². The summed E-state index contributed by atoms with van der Waals surface area (Å²) < 4.78 is 0. The first kappa shape index (κ1) is 9.96. The van der Waals surface area contributed by atoms with E-state index in [1.165, 1.54) is 0 Å². The molecule has 1 saturated carbocycles. The van der Waals surface area contributed by atoms with Crippen molar-refractivity contribution in [3.8, 4) is 0 Å². The minimum absolute atomic E-state index is 0.259. The molecule has 0 spiro atoms. The van der Waals surface area contributed by atoms with Gasteiger partial charge < -0.3 is 15.5 Å². The Kier molecular flexibility index (Phi) is 3.98. The summed E-state index contributed by atoms with van der Waals surface area (Å²) in [6.45, 7) is 0.517. The fourth-order valence-corrected chi connectivity index (χ4v) is 2.10. The molecule has 0 amide bonds. The molecule has 0 aromatic carbocycles. The monoisotopic (exact) mass is 173 g/mol. The Morgan fingerprint density at radius 1 is 1.08 bits per heavy atom. The molecule has 0 radical (unpaired) electrons. The molecule has 0 aliphatic heterocycles. The standard InChI is InChI=1S/C9H19NO2/c1-10-9-3-7(5-11)2-8(4-9)6-12/h7-12H,2-6H2,1H3. The normalized spacial score (nSPS) is 36.8. The molecule has 0 aromatic heterocycles. The fraction of sp³-hybridized carbons (Fsp3) is 1.00. The molecular weight excluding hydrogens is 154 g/mol. The Labute approximate surface area is 73.8 Å². The zero-order chi connectivity index (χ0) is 8.97. The molecule has 1 fully saturated rings. The van der Waals surface area contributed by atoms with E-state index in [1.54, 1.807) is 0 Å². The van der Waals surface area contributed by atoms with Gasteiger partial charge in [-0.05, 0) is 38.1 Å². The van der Waals surface area contributed by atoms with Crippen molar-refractivity contribution < 1.29 is 10.2 Å². The van der Waals surface area contributed by atoms with Gasteiger partial charge in [0.15, 0.2) is 0 Å².